The van der Waals surface area contributed by atoms with Crippen LogP contribution < -0.4 is 0 Å². The summed E-state index contributed by atoms with van der Waals surface area (Å²) in [6, 6.07) is -4.07. The van der Waals surface area contributed by atoms with Crippen LogP contribution in [0.5, 0.6) is 5.75 Å². The number of nitro groups is 1. The van der Waals surface area contributed by atoms with Crippen LogP contribution in [0.4, 0.5) is 120 Å². The predicted octanol–water partition coefficient (Wildman–Crippen LogP) is 9.69. The molecular formula is C18H3F26NO3. The third kappa shape index (κ3) is 5.24. The maximum atomic E-state index is 14.5. The SMILES string of the molecule is O=[N+]([O-])c1cc(C(F)(F)C(F)(F)C(F)(F)C(F)(F)C(F)(F)C(F)(F)F)cc(C(F)(F)C(F)(F)C(F)(F)C(F)(F)C(F)(F)C(F)(F)F)c1O. The van der Waals surface area contributed by atoms with E-state index in [1.165, 1.54) is 0 Å². The standard InChI is InChI=1S/C18H3F26NO3/c19-7(20,9(23,24)11(27,28)13(31,32)15(35,36)17(39,40)41)3-1-4(6(46)5(2-3)45(47)48)8(21,22)10(25,26)12(29,30)14(33,34)16(37,38)18(42,43)44/h1-2,46H. The molecule has 0 bridgehead atoms. The van der Waals surface area contributed by atoms with E-state index in [1.807, 2.05) is 0 Å². The molecule has 0 atom stereocenters. The minimum Gasteiger partial charge on any atom is -0.502 e. The molecule has 4 nitrogen and oxygen atoms in total. The van der Waals surface area contributed by atoms with Crippen molar-refractivity contribution in [2.45, 2.75) is 71.6 Å². The van der Waals surface area contributed by atoms with Gasteiger partial charge in [0.1, 0.15) is 0 Å². The van der Waals surface area contributed by atoms with Crippen molar-refractivity contribution in [3.8, 4) is 5.75 Å². The van der Waals surface area contributed by atoms with Gasteiger partial charge in [0.15, 0.2) is 0 Å². The van der Waals surface area contributed by atoms with E-state index in [2.05, 4.69) is 0 Å². The minimum absolute atomic E-state index is 1.75. The van der Waals surface area contributed by atoms with Crippen molar-refractivity contribution in [1.29, 1.82) is 0 Å². The average molecular weight is 775 g/mol. The summed E-state index contributed by atoms with van der Waals surface area (Å²) in [5.41, 5.74) is -11.8. The van der Waals surface area contributed by atoms with Crippen LogP contribution in [-0.4, -0.2) is 69.8 Å². The molecule has 48 heavy (non-hydrogen) atoms. The van der Waals surface area contributed by atoms with Crippen LogP contribution in [-0.2, 0) is 11.8 Å². The molecule has 0 aromatic heterocycles. The van der Waals surface area contributed by atoms with Gasteiger partial charge < -0.3 is 5.11 Å². The summed E-state index contributed by atoms with van der Waals surface area (Å²) in [4.78, 5) is 8.11. The van der Waals surface area contributed by atoms with Gasteiger partial charge >= 0.3 is 77.3 Å². The van der Waals surface area contributed by atoms with Gasteiger partial charge in [-0.1, -0.05) is 0 Å². The lowest BCUT2D eigenvalue weighted by Crippen LogP contribution is -2.69. The van der Waals surface area contributed by atoms with Crippen LogP contribution in [0.3, 0.4) is 0 Å². The quantitative estimate of drug-likeness (QED) is 0.138. The fourth-order valence-electron chi connectivity index (χ4n) is 3.07. The Hall–Kier alpha value is -3.40. The molecule has 0 aliphatic heterocycles. The van der Waals surface area contributed by atoms with Crippen molar-refractivity contribution in [3.63, 3.8) is 0 Å². The molecule has 30 heteroatoms. The van der Waals surface area contributed by atoms with Gasteiger partial charge in [-0.2, -0.15) is 114 Å². The average Bonchev–Trinajstić information content (AvgIpc) is 2.85. The fourth-order valence-corrected chi connectivity index (χ4v) is 3.07. The van der Waals surface area contributed by atoms with Crippen molar-refractivity contribution in [2.75, 3.05) is 0 Å². The molecule has 0 saturated carbocycles. The molecule has 0 aliphatic carbocycles. The lowest BCUT2D eigenvalue weighted by molar-refractivity contribution is -0.442. The van der Waals surface area contributed by atoms with Crippen LogP contribution >= 0.6 is 0 Å². The van der Waals surface area contributed by atoms with E-state index >= 15 is 0 Å². The van der Waals surface area contributed by atoms with Gasteiger partial charge in [0.2, 0.25) is 5.75 Å². The Kier molecular flexibility index (Phi) is 9.59. The molecule has 0 unspecified atom stereocenters. The highest BCUT2D eigenvalue weighted by molar-refractivity contribution is 5.57. The summed E-state index contributed by atoms with van der Waals surface area (Å²) in [5.74, 6) is -89.2. The molecular weight excluding hydrogens is 772 g/mol. The number of hydrogen-bond acceptors (Lipinski definition) is 3. The molecule has 1 N–H and O–H groups in total. The number of phenols is 1. The highest BCUT2D eigenvalue weighted by Crippen LogP contribution is 2.65. The van der Waals surface area contributed by atoms with Gasteiger partial charge in [-0.25, -0.2) is 0 Å². The van der Waals surface area contributed by atoms with Crippen molar-refractivity contribution < 1.29 is 124 Å². The first-order chi connectivity index (χ1) is 20.4. The molecule has 0 heterocycles. The number of alkyl halides is 26. The maximum absolute atomic E-state index is 14.5. The summed E-state index contributed by atoms with van der Waals surface area (Å²) in [7, 11) is 0. The van der Waals surface area contributed by atoms with E-state index in [0.29, 0.717) is 0 Å². The number of benzene rings is 1. The summed E-state index contributed by atoms with van der Waals surface area (Å²) >= 11 is 0. The number of halogens is 26. The van der Waals surface area contributed by atoms with Gasteiger partial charge in [0.05, 0.1) is 10.5 Å². The summed E-state index contributed by atoms with van der Waals surface area (Å²) in [6.07, 6.45) is -16.1. The van der Waals surface area contributed by atoms with Crippen LogP contribution in [0.2, 0.25) is 0 Å². The topological polar surface area (TPSA) is 63.4 Å². The van der Waals surface area contributed by atoms with Crippen LogP contribution in [0.25, 0.3) is 0 Å². The lowest BCUT2D eigenvalue weighted by Gasteiger charge is -2.40. The number of hydrogen-bond donors (Lipinski definition) is 1. The zero-order valence-corrected chi connectivity index (χ0v) is 20.7. The van der Waals surface area contributed by atoms with E-state index in [0.717, 1.165) is 0 Å². The Morgan fingerprint density at radius 3 is 0.979 bits per heavy atom. The third-order valence-corrected chi connectivity index (χ3v) is 5.85. The van der Waals surface area contributed by atoms with E-state index in [-0.39, 0.29) is 0 Å². The predicted molar refractivity (Wildman–Crippen MR) is 94.2 cm³/mol. The van der Waals surface area contributed by atoms with Crippen molar-refractivity contribution in [1.82, 2.24) is 0 Å². The van der Waals surface area contributed by atoms with E-state index < -0.39 is 111 Å². The van der Waals surface area contributed by atoms with Gasteiger partial charge in [0, 0.05) is 11.6 Å². The molecule has 0 saturated heterocycles. The molecule has 0 aliphatic rings. The van der Waals surface area contributed by atoms with Gasteiger partial charge in [-0.3, -0.25) is 10.1 Å². The maximum Gasteiger partial charge on any atom is 0.460 e. The Morgan fingerprint density at radius 2 is 0.708 bits per heavy atom. The van der Waals surface area contributed by atoms with E-state index in [4.69, 9.17) is 0 Å². The normalized spacial score (nSPS) is 16.0. The number of phenolic OH excluding ortho intramolecular Hbond substituents is 1. The smallest absolute Gasteiger partial charge is 0.460 e. The third-order valence-electron chi connectivity index (χ3n) is 5.85. The second-order valence-electron chi connectivity index (χ2n) is 8.89. The van der Waals surface area contributed by atoms with Crippen molar-refractivity contribution in [2.24, 2.45) is 0 Å². The molecule has 0 fully saturated rings. The molecule has 280 valence electrons. The zero-order chi connectivity index (χ0) is 39.3. The second-order valence-corrected chi connectivity index (χ2v) is 8.89. The minimum atomic E-state index is -8.90. The Bertz CT molecular complexity index is 1410. The van der Waals surface area contributed by atoms with E-state index in [1.54, 1.807) is 0 Å². The van der Waals surface area contributed by atoms with Crippen LogP contribution in [0.1, 0.15) is 11.1 Å². The number of nitrogens with zero attached hydrogens (tertiary/aromatic N) is 1. The molecule has 0 spiro atoms. The molecule has 0 amide bonds. The highest BCUT2D eigenvalue weighted by Gasteiger charge is 2.92. The fraction of sp³-hybridized carbons (Fsp3) is 0.667. The van der Waals surface area contributed by atoms with Gasteiger partial charge in [-0.05, 0) is 6.07 Å². The molecule has 0 radical (unpaired) electrons. The number of rotatable bonds is 11. The molecule has 1 aromatic rings. The molecule has 1 rings (SSSR count). The van der Waals surface area contributed by atoms with Gasteiger partial charge in [0.25, 0.3) is 0 Å². The summed E-state index contributed by atoms with van der Waals surface area (Å²) < 4.78 is 349. The first-order valence-corrected chi connectivity index (χ1v) is 10.4. The Morgan fingerprint density at radius 1 is 0.438 bits per heavy atom. The Labute approximate surface area is 242 Å². The second kappa shape index (κ2) is 10.8. The van der Waals surface area contributed by atoms with Crippen molar-refractivity contribution in [3.05, 3.63) is 33.4 Å². The van der Waals surface area contributed by atoms with Gasteiger partial charge in [-0.15, -0.1) is 0 Å². The zero-order valence-electron chi connectivity index (χ0n) is 20.7. The van der Waals surface area contributed by atoms with Crippen LogP contribution in [0, 0.1) is 10.1 Å². The van der Waals surface area contributed by atoms with Crippen LogP contribution in [0.15, 0.2) is 12.1 Å². The highest BCUT2D eigenvalue weighted by atomic mass is 19.4. The lowest BCUT2D eigenvalue weighted by atomic mass is 9.86. The first kappa shape index (κ1) is 42.6. The first-order valence-electron chi connectivity index (χ1n) is 10.4. The summed E-state index contributed by atoms with van der Waals surface area (Å²) in [5, 5.41) is 20.2. The summed E-state index contributed by atoms with van der Waals surface area (Å²) in [6.45, 7) is 0. The molecule has 1 aromatic carbocycles. The monoisotopic (exact) mass is 775 g/mol. The number of nitro benzene ring substituents is 1. The van der Waals surface area contributed by atoms with E-state index in [9.17, 15) is 129 Å². The number of aromatic hydroxyl groups is 1. The van der Waals surface area contributed by atoms with Crippen molar-refractivity contribution >= 4 is 5.69 Å². The Balaban J connectivity index is 4.26. The largest absolute Gasteiger partial charge is 0.502 e.